The summed E-state index contributed by atoms with van der Waals surface area (Å²) in [6.07, 6.45) is 1.16. The molecule has 0 aliphatic rings. The van der Waals surface area contributed by atoms with Crippen molar-refractivity contribution in [2.75, 3.05) is 19.8 Å². The van der Waals surface area contributed by atoms with Gasteiger partial charge in [0.2, 0.25) is 0 Å². The molecule has 1 heterocycles. The first kappa shape index (κ1) is 13.4. The fourth-order valence-electron chi connectivity index (χ4n) is 1.33. The number of halogens is 1. The summed E-state index contributed by atoms with van der Waals surface area (Å²) in [5.41, 5.74) is 1.35. The van der Waals surface area contributed by atoms with Gasteiger partial charge in [-0.25, -0.2) is 0 Å². The first-order chi connectivity index (χ1) is 7.27. The maximum absolute atomic E-state index is 5.50. The zero-order valence-electron chi connectivity index (χ0n) is 9.25. The Hall–Kier alpha value is 0.350. The van der Waals surface area contributed by atoms with Gasteiger partial charge in [0, 0.05) is 6.61 Å². The molecule has 0 fully saturated rings. The van der Waals surface area contributed by atoms with E-state index in [2.05, 4.69) is 46.3 Å². The highest BCUT2D eigenvalue weighted by atomic mass is 127. The zero-order chi connectivity index (χ0) is 11.1. The van der Waals surface area contributed by atoms with Gasteiger partial charge < -0.3 is 10.1 Å². The molecule has 1 unspecified atom stereocenters. The molecule has 0 bridgehead atoms. The predicted molar refractivity (Wildman–Crippen MR) is 74.6 cm³/mol. The van der Waals surface area contributed by atoms with E-state index in [4.69, 9.17) is 4.74 Å². The third-order valence-electron chi connectivity index (χ3n) is 2.12. The highest BCUT2D eigenvalue weighted by molar-refractivity contribution is 14.1. The van der Waals surface area contributed by atoms with Crippen molar-refractivity contribution in [3.63, 3.8) is 0 Å². The van der Waals surface area contributed by atoms with E-state index in [1.165, 1.54) is 8.45 Å². The van der Waals surface area contributed by atoms with E-state index >= 15 is 0 Å². The van der Waals surface area contributed by atoms with Gasteiger partial charge >= 0.3 is 0 Å². The molecular weight excluding hydrogens is 321 g/mol. The van der Waals surface area contributed by atoms with Gasteiger partial charge in [0.25, 0.3) is 0 Å². The van der Waals surface area contributed by atoms with Crippen LogP contribution < -0.4 is 5.32 Å². The van der Waals surface area contributed by atoms with E-state index in [1.807, 2.05) is 6.92 Å². The Kier molecular flexibility index (Phi) is 6.79. The van der Waals surface area contributed by atoms with Gasteiger partial charge in [-0.2, -0.15) is 0 Å². The lowest BCUT2D eigenvalue weighted by atomic mass is 10.1. The van der Waals surface area contributed by atoms with Crippen molar-refractivity contribution in [3.8, 4) is 0 Å². The Morgan fingerprint density at radius 3 is 2.87 bits per heavy atom. The second-order valence-corrected chi connectivity index (χ2v) is 6.16. The molecule has 0 aliphatic heterocycles. The van der Waals surface area contributed by atoms with Crippen LogP contribution in [0, 0.1) is 2.88 Å². The third-order valence-corrected chi connectivity index (χ3v) is 3.93. The Bertz CT molecular complexity index is 269. The largest absolute Gasteiger partial charge is 0.380 e. The number of hydrogen-bond donors (Lipinski definition) is 1. The molecule has 4 heteroatoms. The minimum absolute atomic E-state index is 0.352. The second-order valence-electron chi connectivity index (χ2n) is 3.35. The molecular formula is C11H18INOS. The molecule has 0 aromatic carbocycles. The van der Waals surface area contributed by atoms with Crippen LogP contribution in [0.5, 0.6) is 0 Å². The van der Waals surface area contributed by atoms with Crippen LogP contribution in [0.25, 0.3) is 0 Å². The Morgan fingerprint density at radius 2 is 2.33 bits per heavy atom. The smallest absolute Gasteiger partial charge is 0.0661 e. The minimum Gasteiger partial charge on any atom is -0.380 e. The van der Waals surface area contributed by atoms with Crippen molar-refractivity contribution < 1.29 is 4.74 Å². The molecule has 1 aromatic rings. The van der Waals surface area contributed by atoms with E-state index in [0.29, 0.717) is 6.04 Å². The first-order valence-corrected chi connectivity index (χ1v) is 7.28. The van der Waals surface area contributed by atoms with Crippen LogP contribution in [-0.2, 0) is 4.74 Å². The Balaban J connectivity index is 2.54. The molecule has 0 saturated carbocycles. The van der Waals surface area contributed by atoms with E-state index in [-0.39, 0.29) is 0 Å². The molecule has 1 aromatic heterocycles. The van der Waals surface area contributed by atoms with Crippen LogP contribution >= 0.6 is 33.9 Å². The number of thiophene rings is 1. The summed E-state index contributed by atoms with van der Waals surface area (Å²) in [6.45, 7) is 6.81. The van der Waals surface area contributed by atoms with E-state index < -0.39 is 0 Å². The lowest BCUT2D eigenvalue weighted by Gasteiger charge is -2.17. The minimum atomic E-state index is 0.352. The maximum Gasteiger partial charge on any atom is 0.0661 e. The highest BCUT2D eigenvalue weighted by Crippen LogP contribution is 2.22. The lowest BCUT2D eigenvalue weighted by molar-refractivity contribution is 0.123. The number of nitrogens with one attached hydrogen (secondary N) is 1. The lowest BCUT2D eigenvalue weighted by Crippen LogP contribution is -2.26. The molecule has 1 rings (SSSR count). The van der Waals surface area contributed by atoms with E-state index in [0.717, 1.165) is 26.2 Å². The molecule has 1 atom stereocenters. The number of rotatable bonds is 7. The van der Waals surface area contributed by atoms with Crippen molar-refractivity contribution in [1.29, 1.82) is 0 Å². The summed E-state index contributed by atoms with van der Waals surface area (Å²) in [5.74, 6) is 0. The van der Waals surface area contributed by atoms with Crippen molar-refractivity contribution in [2.24, 2.45) is 0 Å². The van der Waals surface area contributed by atoms with Gasteiger partial charge in [-0.3, -0.25) is 0 Å². The summed E-state index contributed by atoms with van der Waals surface area (Å²) in [4.78, 5) is 0. The highest BCUT2D eigenvalue weighted by Gasteiger charge is 2.11. The normalized spacial score (nSPS) is 13.0. The van der Waals surface area contributed by atoms with Crippen molar-refractivity contribution in [1.82, 2.24) is 5.32 Å². The summed E-state index contributed by atoms with van der Waals surface area (Å²) < 4.78 is 6.83. The Morgan fingerprint density at radius 1 is 1.53 bits per heavy atom. The summed E-state index contributed by atoms with van der Waals surface area (Å²) in [7, 11) is 0. The second kappa shape index (κ2) is 7.60. The van der Waals surface area contributed by atoms with Crippen LogP contribution in [0.3, 0.4) is 0 Å². The first-order valence-electron chi connectivity index (χ1n) is 5.33. The van der Waals surface area contributed by atoms with Gasteiger partial charge in [0.15, 0.2) is 0 Å². The number of ether oxygens (including phenoxy) is 1. The van der Waals surface area contributed by atoms with Crippen molar-refractivity contribution >= 4 is 33.9 Å². The Labute approximate surface area is 110 Å². The quantitative estimate of drug-likeness (QED) is 0.769. The van der Waals surface area contributed by atoms with E-state index in [1.54, 1.807) is 11.3 Å². The third kappa shape index (κ3) is 4.80. The molecule has 86 valence electrons. The zero-order valence-corrected chi connectivity index (χ0v) is 12.2. The summed E-state index contributed by atoms with van der Waals surface area (Å²) >= 11 is 4.15. The van der Waals surface area contributed by atoms with Gasteiger partial charge in [-0.1, -0.05) is 6.92 Å². The average Bonchev–Trinajstić information content (AvgIpc) is 2.65. The summed E-state index contributed by atoms with van der Waals surface area (Å²) in [6, 6.07) is 2.59. The molecule has 15 heavy (non-hydrogen) atoms. The van der Waals surface area contributed by atoms with Crippen molar-refractivity contribution in [2.45, 2.75) is 26.3 Å². The maximum atomic E-state index is 5.50. The number of hydrogen-bond acceptors (Lipinski definition) is 3. The SMILES string of the molecule is CCCNC(COCC)c1csc(I)c1. The summed E-state index contributed by atoms with van der Waals surface area (Å²) in [5, 5.41) is 5.73. The van der Waals surface area contributed by atoms with Gasteiger partial charge in [-0.15, -0.1) is 11.3 Å². The molecule has 0 aliphatic carbocycles. The molecule has 1 N–H and O–H groups in total. The molecule has 0 saturated heterocycles. The van der Waals surface area contributed by atoms with Crippen LogP contribution in [0.1, 0.15) is 31.9 Å². The van der Waals surface area contributed by atoms with Crippen LogP contribution in [0.4, 0.5) is 0 Å². The van der Waals surface area contributed by atoms with Crippen LogP contribution in [0.2, 0.25) is 0 Å². The molecule has 0 spiro atoms. The molecule has 0 radical (unpaired) electrons. The predicted octanol–water partition coefficient (Wildman–Crippen LogP) is 3.43. The van der Waals surface area contributed by atoms with Gasteiger partial charge in [0.05, 0.1) is 15.5 Å². The van der Waals surface area contributed by atoms with Gasteiger partial charge in [-0.05, 0) is 59.5 Å². The topological polar surface area (TPSA) is 21.3 Å². The molecule has 0 amide bonds. The van der Waals surface area contributed by atoms with Gasteiger partial charge in [0.1, 0.15) is 0 Å². The van der Waals surface area contributed by atoms with Crippen LogP contribution in [0.15, 0.2) is 11.4 Å². The van der Waals surface area contributed by atoms with Crippen LogP contribution in [-0.4, -0.2) is 19.8 Å². The molecule has 2 nitrogen and oxygen atoms in total. The average molecular weight is 339 g/mol. The standard InChI is InChI=1S/C11H18INOS/c1-3-5-13-10(7-14-4-2)9-6-11(12)15-8-9/h6,8,10,13H,3-5,7H2,1-2H3. The van der Waals surface area contributed by atoms with E-state index in [9.17, 15) is 0 Å². The van der Waals surface area contributed by atoms with Crippen molar-refractivity contribution in [3.05, 3.63) is 19.9 Å². The monoisotopic (exact) mass is 339 g/mol. The fraction of sp³-hybridized carbons (Fsp3) is 0.636. The fourth-order valence-corrected chi connectivity index (χ4v) is 2.76.